The van der Waals surface area contributed by atoms with Crippen LogP contribution in [-0.2, 0) is 13.6 Å². The minimum atomic E-state index is -2.99. The van der Waals surface area contributed by atoms with Crippen molar-refractivity contribution in [2.24, 2.45) is 7.05 Å². The summed E-state index contributed by atoms with van der Waals surface area (Å²) in [7, 11) is 3.13. The minimum Gasteiger partial charge on any atom is -0.354 e. The third kappa shape index (κ3) is 3.41. The largest absolute Gasteiger partial charge is 0.354 e. The van der Waals surface area contributed by atoms with E-state index in [4.69, 9.17) is 0 Å². The molecule has 1 aliphatic rings. The number of nitrogens with zero attached hydrogens (tertiary/aromatic N) is 6. The van der Waals surface area contributed by atoms with Crippen molar-refractivity contribution in [2.45, 2.75) is 31.9 Å². The molecule has 2 aromatic heterocycles. The van der Waals surface area contributed by atoms with E-state index < -0.39 is 36.7 Å². The van der Waals surface area contributed by atoms with Gasteiger partial charge in [-0.05, 0) is 13.0 Å². The molecule has 3 heterocycles. The van der Waals surface area contributed by atoms with Gasteiger partial charge in [-0.1, -0.05) is 5.21 Å². The highest BCUT2D eigenvalue weighted by molar-refractivity contribution is 5.93. The molecule has 140 valence electrons. The molecule has 0 spiro atoms. The zero-order chi connectivity index (χ0) is 19.1. The summed E-state index contributed by atoms with van der Waals surface area (Å²) in [5, 5.41) is 14.0. The molecular formula is C15H19F2N7O2. The molecule has 0 bridgehead atoms. The van der Waals surface area contributed by atoms with Gasteiger partial charge in [0.1, 0.15) is 0 Å². The summed E-state index contributed by atoms with van der Waals surface area (Å²) in [5.74, 6) is -3.97. The average molecular weight is 367 g/mol. The fraction of sp³-hybridized carbons (Fsp3) is 0.533. The second-order valence-corrected chi connectivity index (χ2v) is 6.35. The van der Waals surface area contributed by atoms with E-state index in [1.165, 1.54) is 22.6 Å². The normalized spacial score (nSPS) is 19.0. The van der Waals surface area contributed by atoms with Crippen molar-refractivity contribution in [1.29, 1.82) is 0 Å². The van der Waals surface area contributed by atoms with Gasteiger partial charge in [0.2, 0.25) is 0 Å². The van der Waals surface area contributed by atoms with E-state index in [0.29, 0.717) is 0 Å². The highest BCUT2D eigenvalue weighted by atomic mass is 19.3. The van der Waals surface area contributed by atoms with Crippen LogP contribution in [0.1, 0.15) is 33.1 Å². The number of carbonyl (C=O) groups excluding carboxylic acids is 2. The number of rotatable bonds is 4. The van der Waals surface area contributed by atoms with Gasteiger partial charge in [0.15, 0.2) is 11.4 Å². The number of hydrogen-bond donors (Lipinski definition) is 1. The van der Waals surface area contributed by atoms with E-state index >= 15 is 0 Å². The molecule has 0 radical (unpaired) electrons. The van der Waals surface area contributed by atoms with Crippen molar-refractivity contribution in [3.05, 3.63) is 29.3 Å². The SMILES string of the molecule is CNC(=O)c1cn(C[C@@H]2CC(F)(F)CN2C(=O)c2cc(C)n(C)n2)nn1. The molecular weight excluding hydrogens is 348 g/mol. The monoisotopic (exact) mass is 367 g/mol. The van der Waals surface area contributed by atoms with E-state index in [2.05, 4.69) is 20.7 Å². The second kappa shape index (κ2) is 6.46. The highest BCUT2D eigenvalue weighted by Gasteiger charge is 2.47. The summed E-state index contributed by atoms with van der Waals surface area (Å²) < 4.78 is 30.7. The van der Waals surface area contributed by atoms with Gasteiger partial charge in [-0.3, -0.25) is 14.3 Å². The van der Waals surface area contributed by atoms with Crippen LogP contribution in [0.3, 0.4) is 0 Å². The van der Waals surface area contributed by atoms with E-state index in [1.807, 2.05) is 0 Å². The van der Waals surface area contributed by atoms with Crippen LogP contribution in [0.4, 0.5) is 8.78 Å². The van der Waals surface area contributed by atoms with E-state index in [0.717, 1.165) is 10.6 Å². The third-order valence-corrected chi connectivity index (χ3v) is 4.37. The predicted octanol–water partition coefficient (Wildman–Crippen LogP) is 0.230. The van der Waals surface area contributed by atoms with Crippen molar-refractivity contribution in [3.8, 4) is 0 Å². The van der Waals surface area contributed by atoms with Crippen molar-refractivity contribution in [1.82, 2.24) is 35.0 Å². The van der Waals surface area contributed by atoms with Gasteiger partial charge in [0.05, 0.1) is 25.3 Å². The molecule has 9 nitrogen and oxygen atoms in total. The maximum atomic E-state index is 14.0. The topological polar surface area (TPSA) is 97.9 Å². The molecule has 0 aliphatic carbocycles. The zero-order valence-corrected chi connectivity index (χ0v) is 14.6. The van der Waals surface area contributed by atoms with Gasteiger partial charge in [0, 0.05) is 26.2 Å². The number of aromatic nitrogens is 5. The summed E-state index contributed by atoms with van der Waals surface area (Å²) in [6.45, 7) is 1.11. The molecule has 1 fully saturated rings. The molecule has 0 unspecified atom stereocenters. The lowest BCUT2D eigenvalue weighted by molar-refractivity contribution is 0.0116. The Morgan fingerprint density at radius 1 is 1.38 bits per heavy atom. The van der Waals surface area contributed by atoms with Crippen LogP contribution in [0.15, 0.2) is 12.3 Å². The Balaban J connectivity index is 1.81. The molecule has 0 saturated carbocycles. The first-order valence-electron chi connectivity index (χ1n) is 8.02. The van der Waals surface area contributed by atoms with Crippen molar-refractivity contribution in [3.63, 3.8) is 0 Å². The number of hydrogen-bond acceptors (Lipinski definition) is 5. The lowest BCUT2D eigenvalue weighted by Gasteiger charge is -2.22. The van der Waals surface area contributed by atoms with Crippen molar-refractivity contribution in [2.75, 3.05) is 13.6 Å². The standard InChI is InChI=1S/C15H19F2N7O2/c1-9-4-11(20-22(9)3)14(26)24-8-15(16,17)5-10(24)6-23-7-12(19-21-23)13(25)18-2/h4,7,10H,5-6,8H2,1-3H3,(H,18,25)/t10-/m0/s1. The van der Waals surface area contributed by atoms with Gasteiger partial charge >= 0.3 is 0 Å². The summed E-state index contributed by atoms with van der Waals surface area (Å²) >= 11 is 0. The van der Waals surface area contributed by atoms with Gasteiger partial charge in [-0.25, -0.2) is 13.5 Å². The van der Waals surface area contributed by atoms with Crippen LogP contribution in [0.5, 0.6) is 0 Å². The van der Waals surface area contributed by atoms with Crippen LogP contribution >= 0.6 is 0 Å². The molecule has 2 amide bonds. The van der Waals surface area contributed by atoms with Crippen molar-refractivity contribution < 1.29 is 18.4 Å². The number of nitrogens with one attached hydrogen (secondary N) is 1. The smallest absolute Gasteiger partial charge is 0.274 e. The van der Waals surface area contributed by atoms with Gasteiger partial charge in [-0.2, -0.15) is 5.10 Å². The Morgan fingerprint density at radius 3 is 2.73 bits per heavy atom. The summed E-state index contributed by atoms with van der Waals surface area (Å²) in [6, 6.07) is 0.786. The first kappa shape index (κ1) is 18.0. The van der Waals surface area contributed by atoms with Gasteiger partial charge < -0.3 is 10.2 Å². The molecule has 1 saturated heterocycles. The van der Waals surface area contributed by atoms with Crippen LogP contribution in [0, 0.1) is 6.92 Å². The van der Waals surface area contributed by atoms with Crippen molar-refractivity contribution >= 4 is 11.8 Å². The van der Waals surface area contributed by atoms with Crippen LogP contribution in [0.25, 0.3) is 0 Å². The number of amides is 2. The van der Waals surface area contributed by atoms with Crippen LogP contribution in [0.2, 0.25) is 0 Å². The summed E-state index contributed by atoms with van der Waals surface area (Å²) in [4.78, 5) is 25.3. The van der Waals surface area contributed by atoms with E-state index in [-0.39, 0.29) is 17.9 Å². The number of carbonyl (C=O) groups is 2. The zero-order valence-electron chi connectivity index (χ0n) is 14.6. The maximum Gasteiger partial charge on any atom is 0.274 e. The Hall–Kier alpha value is -2.85. The lowest BCUT2D eigenvalue weighted by atomic mass is 10.2. The molecule has 1 N–H and O–H groups in total. The fourth-order valence-electron chi connectivity index (χ4n) is 2.95. The second-order valence-electron chi connectivity index (χ2n) is 6.35. The number of aryl methyl sites for hydroxylation is 2. The third-order valence-electron chi connectivity index (χ3n) is 4.37. The molecule has 2 aromatic rings. The van der Waals surface area contributed by atoms with E-state index in [9.17, 15) is 18.4 Å². The lowest BCUT2D eigenvalue weighted by Crippen LogP contribution is -2.39. The molecule has 3 rings (SSSR count). The quantitative estimate of drug-likeness (QED) is 0.834. The number of likely N-dealkylation sites (tertiary alicyclic amines) is 1. The predicted molar refractivity (Wildman–Crippen MR) is 85.7 cm³/mol. The first-order chi connectivity index (χ1) is 12.2. The van der Waals surface area contributed by atoms with Crippen LogP contribution < -0.4 is 5.32 Å². The first-order valence-corrected chi connectivity index (χ1v) is 8.02. The summed E-state index contributed by atoms with van der Waals surface area (Å²) in [5.41, 5.74) is 0.954. The fourth-order valence-corrected chi connectivity index (χ4v) is 2.95. The molecule has 1 aliphatic heterocycles. The average Bonchev–Trinajstić information content (AvgIpc) is 3.25. The molecule has 11 heteroatoms. The van der Waals surface area contributed by atoms with Gasteiger partial charge in [0.25, 0.3) is 17.7 Å². The maximum absolute atomic E-state index is 14.0. The number of alkyl halides is 2. The molecule has 0 aromatic carbocycles. The van der Waals surface area contributed by atoms with Gasteiger partial charge in [-0.15, -0.1) is 5.10 Å². The minimum absolute atomic E-state index is 0.0111. The highest BCUT2D eigenvalue weighted by Crippen LogP contribution is 2.33. The van der Waals surface area contributed by atoms with E-state index in [1.54, 1.807) is 20.0 Å². The summed E-state index contributed by atoms with van der Waals surface area (Å²) in [6.07, 6.45) is 0.878. The Morgan fingerprint density at radius 2 is 2.12 bits per heavy atom. The Labute approximate surface area is 147 Å². The van der Waals surface area contributed by atoms with Crippen LogP contribution in [-0.4, -0.2) is 67.0 Å². The number of halogens is 2. The molecule has 26 heavy (non-hydrogen) atoms. The Kier molecular flexibility index (Phi) is 4.46. The molecule has 1 atom stereocenters. The Bertz CT molecular complexity index is 825.